The molecule has 0 saturated heterocycles. The minimum Gasteiger partial charge on any atom is -0.314 e. The molecule has 13 heavy (non-hydrogen) atoms. The van der Waals surface area contributed by atoms with Crippen LogP contribution in [0.15, 0.2) is 0 Å². The molecular formula is C12H25N. The molecule has 0 aromatic rings. The van der Waals surface area contributed by atoms with Gasteiger partial charge in [-0.2, -0.15) is 0 Å². The molecule has 78 valence electrons. The van der Waals surface area contributed by atoms with Crippen LogP contribution in [0.25, 0.3) is 0 Å². The van der Waals surface area contributed by atoms with Crippen molar-refractivity contribution in [1.82, 2.24) is 5.32 Å². The molecule has 0 aromatic heterocycles. The normalized spacial score (nSPS) is 19.2. The Labute approximate surface area is 83.3 Å². The van der Waals surface area contributed by atoms with Crippen molar-refractivity contribution in [3.63, 3.8) is 0 Å². The molecule has 1 aliphatic rings. The van der Waals surface area contributed by atoms with E-state index in [1.807, 2.05) is 0 Å². The molecule has 0 atom stereocenters. The Bertz CT molecular complexity index is 160. The van der Waals surface area contributed by atoms with Crippen molar-refractivity contribution in [2.75, 3.05) is 6.54 Å². The summed E-state index contributed by atoms with van der Waals surface area (Å²) in [6.45, 7) is 13.0. The van der Waals surface area contributed by atoms with Crippen molar-refractivity contribution in [1.29, 1.82) is 0 Å². The highest BCUT2D eigenvalue weighted by molar-refractivity contribution is 4.85. The molecule has 0 aliphatic heterocycles. The van der Waals surface area contributed by atoms with Crippen LogP contribution in [0.5, 0.6) is 0 Å². The molecule has 1 saturated carbocycles. The fourth-order valence-corrected chi connectivity index (χ4v) is 1.25. The SMILES string of the molecule is CC(C)(C)C(C)(C)CCNC1CC1. The zero-order chi connectivity index (χ0) is 10.1. The second-order valence-electron chi connectivity index (χ2n) is 6.11. The number of nitrogens with one attached hydrogen (secondary N) is 1. The van der Waals surface area contributed by atoms with Crippen LogP contribution in [-0.2, 0) is 0 Å². The Balaban J connectivity index is 2.23. The largest absolute Gasteiger partial charge is 0.314 e. The van der Waals surface area contributed by atoms with Gasteiger partial charge in [0, 0.05) is 6.04 Å². The summed E-state index contributed by atoms with van der Waals surface area (Å²) in [5, 5.41) is 3.58. The molecule has 1 nitrogen and oxygen atoms in total. The van der Waals surface area contributed by atoms with E-state index in [9.17, 15) is 0 Å². The first-order chi connectivity index (χ1) is 5.83. The molecular weight excluding hydrogens is 158 g/mol. The van der Waals surface area contributed by atoms with Gasteiger partial charge in [0.25, 0.3) is 0 Å². The number of rotatable bonds is 4. The average molecular weight is 183 g/mol. The summed E-state index contributed by atoms with van der Waals surface area (Å²) < 4.78 is 0. The van der Waals surface area contributed by atoms with E-state index in [1.54, 1.807) is 0 Å². The number of hydrogen-bond acceptors (Lipinski definition) is 1. The van der Waals surface area contributed by atoms with E-state index in [0.29, 0.717) is 10.8 Å². The Morgan fingerprint density at radius 1 is 1.08 bits per heavy atom. The van der Waals surface area contributed by atoms with Crippen molar-refractivity contribution < 1.29 is 0 Å². The molecule has 0 radical (unpaired) electrons. The highest BCUT2D eigenvalue weighted by Gasteiger charge is 2.32. The first-order valence-electron chi connectivity index (χ1n) is 5.56. The minimum absolute atomic E-state index is 0.415. The zero-order valence-electron chi connectivity index (χ0n) is 9.91. The zero-order valence-corrected chi connectivity index (χ0v) is 9.91. The van der Waals surface area contributed by atoms with Gasteiger partial charge in [0.2, 0.25) is 0 Å². The van der Waals surface area contributed by atoms with Crippen molar-refractivity contribution in [2.45, 2.75) is 59.9 Å². The van der Waals surface area contributed by atoms with Gasteiger partial charge in [0.1, 0.15) is 0 Å². The van der Waals surface area contributed by atoms with Crippen LogP contribution < -0.4 is 5.32 Å². The standard InChI is InChI=1S/C12H25N/c1-11(2,3)12(4,5)8-9-13-10-6-7-10/h10,13H,6-9H2,1-5H3. The van der Waals surface area contributed by atoms with Gasteiger partial charge in [-0.15, -0.1) is 0 Å². The lowest BCUT2D eigenvalue weighted by Crippen LogP contribution is -2.33. The lowest BCUT2D eigenvalue weighted by molar-refractivity contribution is 0.119. The molecule has 0 spiro atoms. The van der Waals surface area contributed by atoms with E-state index >= 15 is 0 Å². The Morgan fingerprint density at radius 3 is 2.00 bits per heavy atom. The van der Waals surface area contributed by atoms with Crippen LogP contribution >= 0.6 is 0 Å². The summed E-state index contributed by atoms with van der Waals surface area (Å²) in [6, 6.07) is 0.857. The van der Waals surface area contributed by atoms with Crippen molar-refractivity contribution >= 4 is 0 Å². The van der Waals surface area contributed by atoms with Crippen molar-refractivity contribution in [3.8, 4) is 0 Å². The van der Waals surface area contributed by atoms with Crippen LogP contribution in [0, 0.1) is 10.8 Å². The maximum Gasteiger partial charge on any atom is 0.00682 e. The highest BCUT2D eigenvalue weighted by atomic mass is 14.9. The predicted octanol–water partition coefficient (Wildman–Crippen LogP) is 3.20. The molecule has 0 heterocycles. The van der Waals surface area contributed by atoms with Gasteiger partial charge in [-0.3, -0.25) is 0 Å². The quantitative estimate of drug-likeness (QED) is 0.706. The van der Waals surface area contributed by atoms with Gasteiger partial charge in [0.15, 0.2) is 0 Å². The monoisotopic (exact) mass is 183 g/mol. The van der Waals surface area contributed by atoms with Gasteiger partial charge in [-0.05, 0) is 36.6 Å². The van der Waals surface area contributed by atoms with Crippen LogP contribution in [0.3, 0.4) is 0 Å². The van der Waals surface area contributed by atoms with Crippen LogP contribution in [0.2, 0.25) is 0 Å². The third kappa shape index (κ3) is 3.30. The fraction of sp³-hybridized carbons (Fsp3) is 1.00. The molecule has 1 rings (SSSR count). The molecule has 0 bridgehead atoms. The smallest absolute Gasteiger partial charge is 0.00682 e. The van der Waals surface area contributed by atoms with Crippen LogP contribution in [-0.4, -0.2) is 12.6 Å². The topological polar surface area (TPSA) is 12.0 Å². The summed E-state index contributed by atoms with van der Waals surface area (Å²) in [5.74, 6) is 0. The van der Waals surface area contributed by atoms with E-state index in [-0.39, 0.29) is 0 Å². The highest BCUT2D eigenvalue weighted by Crippen LogP contribution is 2.40. The summed E-state index contributed by atoms with van der Waals surface area (Å²) in [4.78, 5) is 0. The Hall–Kier alpha value is -0.0400. The first-order valence-corrected chi connectivity index (χ1v) is 5.56. The Kier molecular flexibility index (Phi) is 3.06. The molecule has 1 fully saturated rings. The van der Waals surface area contributed by atoms with Gasteiger partial charge in [-0.1, -0.05) is 34.6 Å². The van der Waals surface area contributed by atoms with E-state index in [0.717, 1.165) is 6.04 Å². The van der Waals surface area contributed by atoms with Crippen molar-refractivity contribution in [2.24, 2.45) is 10.8 Å². The molecule has 1 N–H and O–H groups in total. The van der Waals surface area contributed by atoms with E-state index in [4.69, 9.17) is 0 Å². The fourth-order valence-electron chi connectivity index (χ4n) is 1.25. The van der Waals surface area contributed by atoms with Gasteiger partial charge in [-0.25, -0.2) is 0 Å². The van der Waals surface area contributed by atoms with Crippen LogP contribution in [0.1, 0.15) is 53.9 Å². The summed E-state index contributed by atoms with van der Waals surface area (Å²) in [5.41, 5.74) is 0.854. The first kappa shape index (κ1) is 11.0. The maximum atomic E-state index is 3.58. The van der Waals surface area contributed by atoms with E-state index in [2.05, 4.69) is 39.9 Å². The van der Waals surface area contributed by atoms with E-state index < -0.39 is 0 Å². The average Bonchev–Trinajstić information content (AvgIpc) is 2.68. The van der Waals surface area contributed by atoms with Crippen molar-refractivity contribution in [3.05, 3.63) is 0 Å². The summed E-state index contributed by atoms with van der Waals surface area (Å²) in [6.07, 6.45) is 4.08. The molecule has 0 aromatic carbocycles. The second kappa shape index (κ2) is 3.61. The molecule has 1 aliphatic carbocycles. The van der Waals surface area contributed by atoms with Gasteiger partial charge in [0.05, 0.1) is 0 Å². The lowest BCUT2D eigenvalue weighted by Gasteiger charge is -2.39. The predicted molar refractivity (Wildman–Crippen MR) is 58.9 cm³/mol. The Morgan fingerprint density at radius 2 is 1.62 bits per heavy atom. The summed E-state index contributed by atoms with van der Waals surface area (Å²) >= 11 is 0. The molecule has 1 heteroatoms. The van der Waals surface area contributed by atoms with Crippen LogP contribution in [0.4, 0.5) is 0 Å². The lowest BCUT2D eigenvalue weighted by atomic mass is 9.67. The second-order valence-corrected chi connectivity index (χ2v) is 6.11. The number of hydrogen-bond donors (Lipinski definition) is 1. The van der Waals surface area contributed by atoms with E-state index in [1.165, 1.54) is 25.8 Å². The third-order valence-electron chi connectivity index (χ3n) is 3.79. The maximum absolute atomic E-state index is 3.58. The molecule has 0 unspecified atom stereocenters. The molecule has 0 amide bonds. The van der Waals surface area contributed by atoms with Gasteiger partial charge < -0.3 is 5.32 Å². The minimum atomic E-state index is 0.415. The summed E-state index contributed by atoms with van der Waals surface area (Å²) in [7, 11) is 0. The van der Waals surface area contributed by atoms with Gasteiger partial charge >= 0.3 is 0 Å². The third-order valence-corrected chi connectivity index (χ3v) is 3.79.